The highest BCUT2D eigenvalue weighted by molar-refractivity contribution is 9.10. The molecule has 0 saturated carbocycles. The Morgan fingerprint density at radius 1 is 1.26 bits per heavy atom. The minimum absolute atomic E-state index is 0.335. The summed E-state index contributed by atoms with van der Waals surface area (Å²) in [5.74, 6) is -0.0563. The van der Waals surface area contributed by atoms with E-state index >= 15 is 0 Å². The number of rotatable bonds is 1. The quantitative estimate of drug-likeness (QED) is 0.723. The maximum atomic E-state index is 13.9. The molecule has 3 aromatic rings. The summed E-state index contributed by atoms with van der Waals surface area (Å²) in [7, 11) is 0. The van der Waals surface area contributed by atoms with Gasteiger partial charge in [-0.25, -0.2) is 9.37 Å². The van der Waals surface area contributed by atoms with Gasteiger partial charge in [0, 0.05) is 21.3 Å². The summed E-state index contributed by atoms with van der Waals surface area (Å²) < 4.78 is 16.5. The highest BCUT2D eigenvalue weighted by Gasteiger charge is 2.15. The monoisotopic (exact) mass is 339 g/mol. The summed E-state index contributed by atoms with van der Waals surface area (Å²) >= 11 is 9.10. The predicted octanol–water partition coefficient (Wildman–Crippen LogP) is 4.14. The lowest BCUT2D eigenvalue weighted by Crippen LogP contribution is -1.95. The van der Waals surface area contributed by atoms with Crippen molar-refractivity contribution in [3.8, 4) is 11.3 Å². The number of hydrogen-bond acceptors (Lipinski definition) is 2. The second kappa shape index (κ2) is 4.51. The molecule has 0 radical (unpaired) electrons. The SMILES string of the molecule is Nc1c(-c2ccc(Cl)cc2F)nc2ccc(Br)cn12. The van der Waals surface area contributed by atoms with Crippen LogP contribution in [0.15, 0.2) is 41.0 Å². The Kier molecular flexibility index (Phi) is 2.95. The van der Waals surface area contributed by atoms with Gasteiger partial charge in [-0.2, -0.15) is 0 Å². The molecule has 0 aliphatic rings. The molecule has 0 bridgehead atoms. The Bertz CT molecular complexity index is 785. The number of fused-ring (bicyclic) bond motifs is 1. The van der Waals surface area contributed by atoms with Crippen LogP contribution in [0.4, 0.5) is 10.2 Å². The average Bonchev–Trinajstić information content (AvgIpc) is 2.67. The molecule has 0 atom stereocenters. The zero-order valence-corrected chi connectivity index (χ0v) is 11.9. The molecule has 0 amide bonds. The van der Waals surface area contributed by atoms with Crippen molar-refractivity contribution in [2.45, 2.75) is 0 Å². The first-order valence-electron chi connectivity index (χ1n) is 5.45. The van der Waals surface area contributed by atoms with Gasteiger partial charge in [0.2, 0.25) is 0 Å². The van der Waals surface area contributed by atoms with E-state index in [0.29, 0.717) is 27.7 Å². The fourth-order valence-corrected chi connectivity index (χ4v) is 2.41. The van der Waals surface area contributed by atoms with Gasteiger partial charge in [-0.15, -0.1) is 0 Å². The average molecular weight is 341 g/mol. The molecule has 0 aliphatic heterocycles. The normalized spacial score (nSPS) is 11.1. The molecular weight excluding hydrogens is 333 g/mol. The van der Waals surface area contributed by atoms with E-state index in [2.05, 4.69) is 20.9 Å². The number of benzene rings is 1. The molecule has 3 rings (SSSR count). The second-order valence-corrected chi connectivity index (χ2v) is 5.40. The maximum absolute atomic E-state index is 13.9. The Morgan fingerprint density at radius 2 is 2.05 bits per heavy atom. The number of aromatic nitrogens is 2. The minimum Gasteiger partial charge on any atom is -0.383 e. The molecule has 3 nitrogen and oxygen atoms in total. The van der Waals surface area contributed by atoms with Gasteiger partial charge in [0.15, 0.2) is 0 Å². The first kappa shape index (κ1) is 12.4. The standard InChI is InChI=1S/C13H8BrClFN3/c14-7-1-4-11-18-12(13(17)19(11)6-7)9-3-2-8(15)5-10(9)16/h1-6H,17H2. The van der Waals surface area contributed by atoms with E-state index in [4.69, 9.17) is 17.3 Å². The number of anilines is 1. The highest BCUT2D eigenvalue weighted by atomic mass is 79.9. The lowest BCUT2D eigenvalue weighted by Gasteiger charge is -2.02. The Labute approximate surface area is 122 Å². The Balaban J connectivity index is 2.28. The molecule has 0 fully saturated rings. The first-order chi connectivity index (χ1) is 9.06. The van der Waals surface area contributed by atoms with Crippen molar-refractivity contribution in [3.05, 3.63) is 51.8 Å². The van der Waals surface area contributed by atoms with Crippen LogP contribution < -0.4 is 5.73 Å². The predicted molar refractivity (Wildman–Crippen MR) is 77.7 cm³/mol. The molecule has 19 heavy (non-hydrogen) atoms. The van der Waals surface area contributed by atoms with Crippen molar-refractivity contribution < 1.29 is 4.39 Å². The lowest BCUT2D eigenvalue weighted by molar-refractivity contribution is 0.631. The largest absolute Gasteiger partial charge is 0.383 e. The third kappa shape index (κ3) is 2.09. The van der Waals surface area contributed by atoms with Crippen LogP contribution in [0.3, 0.4) is 0 Å². The molecule has 1 aromatic carbocycles. The van der Waals surface area contributed by atoms with E-state index in [1.165, 1.54) is 6.07 Å². The van der Waals surface area contributed by atoms with Crippen LogP contribution in [0.25, 0.3) is 16.9 Å². The summed E-state index contributed by atoms with van der Waals surface area (Å²) in [4.78, 5) is 4.35. The zero-order valence-electron chi connectivity index (χ0n) is 9.57. The van der Waals surface area contributed by atoms with Crippen molar-refractivity contribution >= 4 is 39.0 Å². The van der Waals surface area contributed by atoms with Crippen LogP contribution in [0, 0.1) is 5.82 Å². The number of hydrogen-bond donors (Lipinski definition) is 1. The number of nitrogen functional groups attached to an aromatic ring is 1. The summed E-state index contributed by atoms with van der Waals surface area (Å²) in [6, 6.07) is 8.09. The van der Waals surface area contributed by atoms with Gasteiger partial charge in [0.25, 0.3) is 0 Å². The van der Waals surface area contributed by atoms with Crippen molar-refractivity contribution in [3.63, 3.8) is 0 Å². The minimum atomic E-state index is -0.443. The number of nitrogens with two attached hydrogens (primary N) is 1. The van der Waals surface area contributed by atoms with Crippen molar-refractivity contribution in [2.75, 3.05) is 5.73 Å². The van der Waals surface area contributed by atoms with Crippen molar-refractivity contribution in [1.29, 1.82) is 0 Å². The summed E-state index contributed by atoms with van der Waals surface area (Å²) in [6.07, 6.45) is 1.79. The molecule has 0 saturated heterocycles. The smallest absolute Gasteiger partial charge is 0.139 e. The van der Waals surface area contributed by atoms with Crippen LogP contribution in [-0.4, -0.2) is 9.38 Å². The molecule has 2 aromatic heterocycles. The van der Waals surface area contributed by atoms with Crippen molar-refractivity contribution in [1.82, 2.24) is 9.38 Å². The van der Waals surface area contributed by atoms with Gasteiger partial charge >= 0.3 is 0 Å². The van der Waals surface area contributed by atoms with Gasteiger partial charge in [-0.3, -0.25) is 4.40 Å². The van der Waals surface area contributed by atoms with E-state index in [0.717, 1.165) is 4.47 Å². The van der Waals surface area contributed by atoms with E-state index in [1.54, 1.807) is 28.8 Å². The Hall–Kier alpha value is -1.59. The molecule has 2 heterocycles. The Morgan fingerprint density at radius 3 is 2.79 bits per heavy atom. The molecule has 0 spiro atoms. The van der Waals surface area contributed by atoms with Crippen LogP contribution in [-0.2, 0) is 0 Å². The number of pyridine rings is 1. The third-order valence-corrected chi connectivity index (χ3v) is 3.51. The molecule has 0 aliphatic carbocycles. The van der Waals surface area contributed by atoms with Crippen molar-refractivity contribution in [2.24, 2.45) is 0 Å². The van der Waals surface area contributed by atoms with Gasteiger partial charge in [-0.05, 0) is 46.3 Å². The maximum Gasteiger partial charge on any atom is 0.139 e. The fraction of sp³-hybridized carbons (Fsp3) is 0. The van der Waals surface area contributed by atoms with Gasteiger partial charge < -0.3 is 5.73 Å². The van der Waals surface area contributed by atoms with Crippen LogP contribution in [0.5, 0.6) is 0 Å². The highest BCUT2D eigenvalue weighted by Crippen LogP contribution is 2.30. The van der Waals surface area contributed by atoms with E-state index in [9.17, 15) is 4.39 Å². The third-order valence-electron chi connectivity index (χ3n) is 2.81. The molecule has 0 unspecified atom stereocenters. The van der Waals surface area contributed by atoms with E-state index < -0.39 is 5.82 Å². The zero-order chi connectivity index (χ0) is 13.6. The molecule has 2 N–H and O–H groups in total. The van der Waals surface area contributed by atoms with Crippen LogP contribution in [0.2, 0.25) is 5.02 Å². The van der Waals surface area contributed by atoms with E-state index in [1.807, 2.05) is 6.07 Å². The summed E-state index contributed by atoms with van der Waals surface area (Å²) in [6.45, 7) is 0. The van der Waals surface area contributed by atoms with Gasteiger partial charge in [0.05, 0.1) is 0 Å². The fourth-order valence-electron chi connectivity index (χ4n) is 1.92. The topological polar surface area (TPSA) is 43.3 Å². The molecular formula is C13H8BrClFN3. The summed E-state index contributed by atoms with van der Waals surface area (Å²) in [5, 5.41) is 0.339. The summed E-state index contributed by atoms with van der Waals surface area (Å²) in [5.41, 5.74) is 7.43. The first-order valence-corrected chi connectivity index (χ1v) is 6.62. The number of imidazole rings is 1. The number of halogens is 3. The van der Waals surface area contributed by atoms with Gasteiger partial charge in [-0.1, -0.05) is 11.6 Å². The molecule has 96 valence electrons. The number of nitrogens with zero attached hydrogens (tertiary/aromatic N) is 2. The lowest BCUT2D eigenvalue weighted by atomic mass is 10.1. The van der Waals surface area contributed by atoms with E-state index in [-0.39, 0.29) is 0 Å². The molecule has 6 heteroatoms. The van der Waals surface area contributed by atoms with Gasteiger partial charge in [0.1, 0.15) is 23.0 Å². The van der Waals surface area contributed by atoms with Crippen LogP contribution >= 0.6 is 27.5 Å². The van der Waals surface area contributed by atoms with Crippen LogP contribution in [0.1, 0.15) is 0 Å². The second-order valence-electron chi connectivity index (χ2n) is 4.05.